The minimum atomic E-state index is -0.983. The monoisotopic (exact) mass is 320 g/mol. The van der Waals surface area contributed by atoms with Gasteiger partial charge in [-0.1, -0.05) is 6.92 Å². The number of hydrogen-bond acceptors (Lipinski definition) is 5. The normalized spacial score (nSPS) is 18.0. The highest BCUT2D eigenvalue weighted by Gasteiger charge is 2.22. The van der Waals surface area contributed by atoms with Crippen molar-refractivity contribution in [1.82, 2.24) is 20.5 Å². The van der Waals surface area contributed by atoms with E-state index >= 15 is 0 Å². The molecule has 1 amide bonds. The van der Waals surface area contributed by atoms with E-state index in [1.165, 1.54) is 24.8 Å². The lowest BCUT2D eigenvalue weighted by molar-refractivity contribution is -0.120. The summed E-state index contributed by atoms with van der Waals surface area (Å²) >= 11 is 0. The van der Waals surface area contributed by atoms with Gasteiger partial charge in [-0.3, -0.25) is 14.7 Å². The number of hydrogen-bond donors (Lipinski definition) is 3. The summed E-state index contributed by atoms with van der Waals surface area (Å²) in [4.78, 5) is 29.2. The van der Waals surface area contributed by atoms with Crippen LogP contribution < -0.4 is 10.6 Å². The van der Waals surface area contributed by atoms with E-state index in [4.69, 9.17) is 5.11 Å². The van der Waals surface area contributed by atoms with Crippen LogP contribution in [0, 0.1) is 0 Å². The fourth-order valence-electron chi connectivity index (χ4n) is 2.85. The molecule has 0 aliphatic carbocycles. The van der Waals surface area contributed by atoms with Crippen molar-refractivity contribution in [2.24, 2.45) is 0 Å². The molecule has 0 radical (unpaired) electrons. The summed E-state index contributed by atoms with van der Waals surface area (Å²) < 4.78 is 0. The number of carbonyl (C=O) groups excluding carboxylic acids is 1. The molecule has 1 atom stereocenters. The fraction of sp³-hybridized carbons (Fsp3) is 0.562. The quantitative estimate of drug-likeness (QED) is 0.644. The first-order valence-electron chi connectivity index (χ1n) is 8.00. The Balaban J connectivity index is 1.68. The highest BCUT2D eigenvalue weighted by Crippen LogP contribution is 2.15. The number of nitrogens with zero attached hydrogens (tertiary/aromatic N) is 2. The van der Waals surface area contributed by atoms with Crippen molar-refractivity contribution >= 4 is 11.9 Å². The van der Waals surface area contributed by atoms with Crippen LogP contribution in [0.15, 0.2) is 18.3 Å². The Morgan fingerprint density at radius 2 is 2.30 bits per heavy atom. The number of likely N-dealkylation sites (tertiary alicyclic amines) is 1. The lowest BCUT2D eigenvalue weighted by Crippen LogP contribution is -2.42. The first-order chi connectivity index (χ1) is 11.1. The number of rotatable bonds is 8. The van der Waals surface area contributed by atoms with Crippen LogP contribution in [0.2, 0.25) is 0 Å². The first kappa shape index (κ1) is 17.4. The predicted molar refractivity (Wildman–Crippen MR) is 86.2 cm³/mol. The summed E-state index contributed by atoms with van der Waals surface area (Å²) in [7, 11) is 0. The van der Waals surface area contributed by atoms with Crippen molar-refractivity contribution in [3.05, 3.63) is 29.6 Å². The first-order valence-corrected chi connectivity index (χ1v) is 8.00. The molecule has 2 rings (SSSR count). The number of carboxylic acids is 1. The molecule has 126 valence electrons. The number of carbonyl (C=O) groups is 2. The minimum Gasteiger partial charge on any atom is -0.478 e. The molecule has 1 aromatic rings. The molecule has 0 saturated carbocycles. The van der Waals surface area contributed by atoms with Crippen LogP contribution in [0.5, 0.6) is 0 Å². The zero-order valence-corrected chi connectivity index (χ0v) is 13.4. The third kappa shape index (κ3) is 5.30. The Bertz CT molecular complexity index is 550. The van der Waals surface area contributed by atoms with E-state index in [1.807, 2.05) is 0 Å². The molecule has 1 aromatic heterocycles. The van der Waals surface area contributed by atoms with Crippen molar-refractivity contribution in [1.29, 1.82) is 0 Å². The number of nitrogens with one attached hydrogen (secondary N) is 2. The van der Waals surface area contributed by atoms with Crippen LogP contribution in [0.25, 0.3) is 0 Å². The Labute approximate surface area is 136 Å². The third-order valence-corrected chi connectivity index (χ3v) is 4.10. The summed E-state index contributed by atoms with van der Waals surface area (Å²) in [6.07, 6.45) is 3.78. The molecule has 2 heterocycles. The summed E-state index contributed by atoms with van der Waals surface area (Å²) in [6, 6.07) is 3.39. The van der Waals surface area contributed by atoms with Gasteiger partial charge in [0, 0.05) is 25.3 Å². The van der Waals surface area contributed by atoms with E-state index in [0.29, 0.717) is 24.8 Å². The van der Waals surface area contributed by atoms with Crippen LogP contribution in [-0.4, -0.2) is 59.1 Å². The molecule has 1 unspecified atom stereocenters. The second-order valence-electron chi connectivity index (χ2n) is 5.67. The van der Waals surface area contributed by atoms with Crippen molar-refractivity contribution < 1.29 is 14.7 Å². The molecule has 7 heteroatoms. The maximum absolute atomic E-state index is 11.9. The number of pyridine rings is 1. The standard InChI is InChI=1S/C16H24N4O3/c1-2-20-7-3-4-14(20)10-19-15(21)11-17-9-13-8-12(16(22)23)5-6-18-13/h5-6,8,14,17H,2-4,7,9-11H2,1H3,(H,19,21)(H,22,23). The maximum atomic E-state index is 11.9. The van der Waals surface area contributed by atoms with Crippen LogP contribution in [0.3, 0.4) is 0 Å². The van der Waals surface area contributed by atoms with Gasteiger partial charge in [0.2, 0.25) is 5.91 Å². The van der Waals surface area contributed by atoms with E-state index in [2.05, 4.69) is 27.4 Å². The zero-order chi connectivity index (χ0) is 16.7. The molecule has 0 spiro atoms. The molecule has 3 N–H and O–H groups in total. The third-order valence-electron chi connectivity index (χ3n) is 4.10. The van der Waals surface area contributed by atoms with Crippen LogP contribution in [0.4, 0.5) is 0 Å². The molecule has 7 nitrogen and oxygen atoms in total. The molecular weight excluding hydrogens is 296 g/mol. The van der Waals surface area contributed by atoms with E-state index in [0.717, 1.165) is 19.5 Å². The van der Waals surface area contributed by atoms with Crippen molar-refractivity contribution in [2.45, 2.75) is 32.4 Å². The van der Waals surface area contributed by atoms with E-state index < -0.39 is 5.97 Å². The number of aromatic carboxylic acids is 1. The second-order valence-corrected chi connectivity index (χ2v) is 5.67. The van der Waals surface area contributed by atoms with E-state index in [9.17, 15) is 9.59 Å². The summed E-state index contributed by atoms with van der Waals surface area (Å²) in [5, 5.41) is 14.9. The highest BCUT2D eigenvalue weighted by molar-refractivity contribution is 5.87. The Kier molecular flexibility index (Phi) is 6.49. The smallest absolute Gasteiger partial charge is 0.335 e. The van der Waals surface area contributed by atoms with Gasteiger partial charge in [0.1, 0.15) is 0 Å². The largest absolute Gasteiger partial charge is 0.478 e. The van der Waals surface area contributed by atoms with Gasteiger partial charge in [-0.15, -0.1) is 0 Å². The van der Waals surface area contributed by atoms with Crippen LogP contribution >= 0.6 is 0 Å². The van der Waals surface area contributed by atoms with Crippen LogP contribution in [0.1, 0.15) is 35.8 Å². The SMILES string of the molecule is CCN1CCCC1CNC(=O)CNCc1cc(C(=O)O)ccn1. The maximum Gasteiger partial charge on any atom is 0.335 e. The Morgan fingerprint density at radius 3 is 3.04 bits per heavy atom. The Hall–Kier alpha value is -1.99. The zero-order valence-electron chi connectivity index (χ0n) is 13.4. The summed E-state index contributed by atoms with van der Waals surface area (Å²) in [5.74, 6) is -1.04. The predicted octanol–water partition coefficient (Wildman–Crippen LogP) is 0.470. The topological polar surface area (TPSA) is 94.6 Å². The van der Waals surface area contributed by atoms with Crippen LogP contribution in [-0.2, 0) is 11.3 Å². The average Bonchev–Trinajstić information content (AvgIpc) is 3.00. The highest BCUT2D eigenvalue weighted by atomic mass is 16.4. The summed E-state index contributed by atoms with van der Waals surface area (Å²) in [6.45, 7) is 5.50. The fourth-order valence-corrected chi connectivity index (χ4v) is 2.85. The summed E-state index contributed by atoms with van der Waals surface area (Å²) in [5.41, 5.74) is 0.799. The van der Waals surface area contributed by atoms with Crippen molar-refractivity contribution in [2.75, 3.05) is 26.2 Å². The molecule has 1 saturated heterocycles. The lowest BCUT2D eigenvalue weighted by Gasteiger charge is -2.22. The van der Waals surface area contributed by atoms with Crippen molar-refractivity contribution in [3.63, 3.8) is 0 Å². The number of likely N-dealkylation sites (N-methyl/N-ethyl adjacent to an activating group) is 1. The van der Waals surface area contributed by atoms with Crippen molar-refractivity contribution in [3.8, 4) is 0 Å². The molecule has 1 aliphatic heterocycles. The second kappa shape index (κ2) is 8.59. The molecule has 1 aliphatic rings. The molecular formula is C16H24N4O3. The minimum absolute atomic E-state index is 0.0534. The van der Waals surface area contributed by atoms with Gasteiger partial charge < -0.3 is 15.7 Å². The Morgan fingerprint density at radius 1 is 1.48 bits per heavy atom. The molecule has 0 aromatic carbocycles. The van der Waals surface area contributed by atoms with E-state index in [1.54, 1.807) is 0 Å². The lowest BCUT2D eigenvalue weighted by atomic mass is 10.2. The number of amides is 1. The number of aromatic nitrogens is 1. The number of carboxylic acid groups (broad SMARTS) is 1. The van der Waals surface area contributed by atoms with Gasteiger partial charge in [0.05, 0.1) is 17.8 Å². The van der Waals surface area contributed by atoms with Gasteiger partial charge in [-0.25, -0.2) is 4.79 Å². The molecule has 23 heavy (non-hydrogen) atoms. The molecule has 1 fully saturated rings. The average molecular weight is 320 g/mol. The van der Waals surface area contributed by atoms with Gasteiger partial charge in [-0.2, -0.15) is 0 Å². The van der Waals surface area contributed by atoms with Gasteiger partial charge in [0.15, 0.2) is 0 Å². The van der Waals surface area contributed by atoms with Gasteiger partial charge >= 0.3 is 5.97 Å². The van der Waals surface area contributed by atoms with Gasteiger partial charge in [0.25, 0.3) is 0 Å². The molecule has 0 bridgehead atoms. The van der Waals surface area contributed by atoms with Gasteiger partial charge in [-0.05, 0) is 38.1 Å². The van der Waals surface area contributed by atoms with E-state index in [-0.39, 0.29) is 18.0 Å².